The van der Waals surface area contributed by atoms with Gasteiger partial charge in [0.05, 0.1) is 6.10 Å². The molecule has 1 aliphatic heterocycles. The van der Waals surface area contributed by atoms with E-state index in [4.69, 9.17) is 0 Å². The van der Waals surface area contributed by atoms with Crippen LogP contribution >= 0.6 is 0 Å². The minimum absolute atomic E-state index is 0.113. The molecule has 2 rings (SSSR count). The lowest BCUT2D eigenvalue weighted by atomic mass is 9.78. The van der Waals surface area contributed by atoms with Crippen LogP contribution in [0.1, 0.15) is 73.1 Å². The number of nitrogens with zero attached hydrogens (tertiary/aromatic N) is 1. The molecule has 0 aromatic rings. The van der Waals surface area contributed by atoms with Gasteiger partial charge in [0.2, 0.25) is 0 Å². The summed E-state index contributed by atoms with van der Waals surface area (Å²) in [4.78, 5) is 0. The van der Waals surface area contributed by atoms with Crippen LogP contribution in [0.5, 0.6) is 0 Å². The summed E-state index contributed by atoms with van der Waals surface area (Å²) < 4.78 is 0. The fourth-order valence-corrected chi connectivity index (χ4v) is 2.98. The van der Waals surface area contributed by atoms with Gasteiger partial charge in [-0.3, -0.25) is 5.43 Å². The molecule has 0 saturated heterocycles. The second kappa shape index (κ2) is 8.46. The lowest BCUT2D eigenvalue weighted by molar-refractivity contribution is 0.145. The highest BCUT2D eigenvalue weighted by Crippen LogP contribution is 2.34. The van der Waals surface area contributed by atoms with E-state index in [-0.39, 0.29) is 6.10 Å². The van der Waals surface area contributed by atoms with Crippen molar-refractivity contribution in [1.82, 2.24) is 5.43 Å². The Morgan fingerprint density at radius 3 is 2.50 bits per heavy atom. The van der Waals surface area contributed by atoms with Gasteiger partial charge in [0.1, 0.15) is 0 Å². The summed E-state index contributed by atoms with van der Waals surface area (Å²) in [6.07, 6.45) is 6.24. The fourth-order valence-electron chi connectivity index (χ4n) is 2.98. The van der Waals surface area contributed by atoms with E-state index in [9.17, 15) is 5.11 Å². The van der Waals surface area contributed by atoms with Gasteiger partial charge in [-0.05, 0) is 50.5 Å². The van der Waals surface area contributed by atoms with E-state index in [1.54, 1.807) is 0 Å². The first-order valence-corrected chi connectivity index (χ1v) is 8.22. The molecule has 116 valence electrons. The molecule has 2 aliphatic rings. The maximum atomic E-state index is 9.79. The van der Waals surface area contributed by atoms with Gasteiger partial charge in [-0.25, -0.2) is 0 Å². The van der Waals surface area contributed by atoms with Crippen LogP contribution in [-0.2, 0) is 0 Å². The van der Waals surface area contributed by atoms with E-state index in [0.717, 1.165) is 32.1 Å². The highest BCUT2D eigenvalue weighted by atomic mass is 16.3. The van der Waals surface area contributed by atoms with Gasteiger partial charge in [-0.2, -0.15) is 5.10 Å². The smallest absolute Gasteiger partial charge is 0.0543 e. The van der Waals surface area contributed by atoms with Crippen LogP contribution in [0.25, 0.3) is 0 Å². The minimum Gasteiger partial charge on any atom is -0.393 e. The first kappa shape index (κ1) is 17.2. The highest BCUT2D eigenvalue weighted by molar-refractivity contribution is 5.91. The first-order valence-electron chi connectivity index (χ1n) is 8.22. The van der Waals surface area contributed by atoms with Crippen molar-refractivity contribution in [3.8, 4) is 0 Å². The summed E-state index contributed by atoms with van der Waals surface area (Å²) >= 11 is 0. The summed E-state index contributed by atoms with van der Waals surface area (Å²) in [6.45, 7) is 10.8. The lowest BCUT2D eigenvalue weighted by Gasteiger charge is -2.32. The molecule has 1 heterocycles. The van der Waals surface area contributed by atoms with Gasteiger partial charge in [0.25, 0.3) is 0 Å². The third-order valence-electron chi connectivity index (χ3n) is 3.98. The molecule has 0 amide bonds. The molecule has 2 N–H and O–H groups in total. The third-order valence-corrected chi connectivity index (χ3v) is 3.98. The summed E-state index contributed by atoms with van der Waals surface area (Å²) in [5.74, 6) is 1.02. The Labute approximate surface area is 124 Å². The average molecular weight is 280 g/mol. The Bertz CT molecular complexity index is 358. The van der Waals surface area contributed by atoms with Gasteiger partial charge in [0.15, 0.2) is 0 Å². The molecule has 1 saturated carbocycles. The van der Waals surface area contributed by atoms with Crippen molar-refractivity contribution in [3.05, 3.63) is 11.3 Å². The van der Waals surface area contributed by atoms with Crippen LogP contribution in [0.15, 0.2) is 16.4 Å². The normalized spacial score (nSPS) is 26.6. The molecule has 3 nitrogen and oxygen atoms in total. The average Bonchev–Trinajstić information content (AvgIpc) is 2.35. The largest absolute Gasteiger partial charge is 0.393 e. The van der Waals surface area contributed by atoms with E-state index < -0.39 is 0 Å². The summed E-state index contributed by atoms with van der Waals surface area (Å²) in [5.41, 5.74) is 7.13. The zero-order chi connectivity index (χ0) is 15.1. The van der Waals surface area contributed by atoms with Crippen molar-refractivity contribution in [1.29, 1.82) is 0 Å². The molecule has 0 spiro atoms. The summed E-state index contributed by atoms with van der Waals surface area (Å²) in [5, 5.41) is 14.3. The van der Waals surface area contributed by atoms with Crippen LogP contribution < -0.4 is 5.43 Å². The van der Waals surface area contributed by atoms with Crippen molar-refractivity contribution < 1.29 is 5.11 Å². The van der Waals surface area contributed by atoms with E-state index in [2.05, 4.69) is 45.1 Å². The Balaban J connectivity index is 0.000000612. The topological polar surface area (TPSA) is 44.6 Å². The van der Waals surface area contributed by atoms with Crippen molar-refractivity contribution in [3.63, 3.8) is 0 Å². The molecule has 1 aliphatic carbocycles. The lowest BCUT2D eigenvalue weighted by Crippen LogP contribution is -2.32. The number of hydrogen-bond acceptors (Lipinski definition) is 3. The van der Waals surface area contributed by atoms with Crippen LogP contribution in [0.2, 0.25) is 0 Å². The predicted molar refractivity (Wildman–Crippen MR) is 86.7 cm³/mol. The molecule has 0 aromatic carbocycles. The number of rotatable bonds is 1. The molecule has 2 atom stereocenters. The van der Waals surface area contributed by atoms with Gasteiger partial charge in [-0.15, -0.1) is 0 Å². The molecule has 0 bridgehead atoms. The standard InChI is InChI=1S/C14H24N2O.C3H8/c1-9(2)14-13-6-4-5-11(17)7-8-12(13)10(3)15-16-14;1-3-2/h9,11,13,15,17H,4-8H2,1-3H3;3H2,1-2H3. The Hall–Kier alpha value is -0.830. The van der Waals surface area contributed by atoms with Crippen LogP contribution in [0.4, 0.5) is 0 Å². The maximum Gasteiger partial charge on any atom is 0.0543 e. The van der Waals surface area contributed by atoms with E-state index in [0.29, 0.717) is 11.8 Å². The number of aliphatic hydroxyl groups is 1. The summed E-state index contributed by atoms with van der Waals surface area (Å²) in [6, 6.07) is 0. The van der Waals surface area contributed by atoms with E-state index in [1.165, 1.54) is 23.4 Å². The number of hydrazone groups is 1. The number of hydrogen-bond donors (Lipinski definition) is 2. The van der Waals surface area contributed by atoms with Crippen molar-refractivity contribution in [2.45, 2.75) is 79.2 Å². The highest BCUT2D eigenvalue weighted by Gasteiger charge is 2.29. The number of aliphatic hydroxyl groups excluding tert-OH is 1. The zero-order valence-electron chi connectivity index (χ0n) is 13.9. The number of fused-ring (bicyclic) bond motifs is 1. The first-order chi connectivity index (χ1) is 9.51. The van der Waals surface area contributed by atoms with E-state index in [1.807, 2.05) is 0 Å². The molecule has 0 aromatic heterocycles. The quantitative estimate of drug-likeness (QED) is 0.755. The second-order valence-corrected chi connectivity index (χ2v) is 6.34. The monoisotopic (exact) mass is 280 g/mol. The van der Waals surface area contributed by atoms with Crippen molar-refractivity contribution in [2.24, 2.45) is 16.9 Å². The van der Waals surface area contributed by atoms with Crippen LogP contribution in [0, 0.1) is 11.8 Å². The zero-order valence-corrected chi connectivity index (χ0v) is 13.9. The molecular weight excluding hydrogens is 248 g/mol. The number of nitrogens with one attached hydrogen (secondary N) is 1. The molecule has 0 radical (unpaired) electrons. The summed E-state index contributed by atoms with van der Waals surface area (Å²) in [7, 11) is 0. The fraction of sp³-hybridized carbons (Fsp3) is 0.824. The van der Waals surface area contributed by atoms with Gasteiger partial charge < -0.3 is 5.11 Å². The second-order valence-electron chi connectivity index (χ2n) is 6.34. The predicted octanol–water partition coefficient (Wildman–Crippen LogP) is 4.23. The number of allylic oxidation sites excluding steroid dienone is 2. The maximum absolute atomic E-state index is 9.79. The molecule has 1 fully saturated rings. The third kappa shape index (κ3) is 4.62. The van der Waals surface area contributed by atoms with Gasteiger partial charge >= 0.3 is 0 Å². The Morgan fingerprint density at radius 2 is 1.90 bits per heavy atom. The van der Waals surface area contributed by atoms with Crippen LogP contribution in [-0.4, -0.2) is 16.9 Å². The Kier molecular flexibility index (Phi) is 7.28. The SMILES string of the molecule is CC1=C2CCC(O)CCCC2C(C(C)C)=NN1.CCC. The minimum atomic E-state index is -0.113. The van der Waals surface area contributed by atoms with Crippen molar-refractivity contribution in [2.75, 3.05) is 0 Å². The molecule has 3 heteroatoms. The van der Waals surface area contributed by atoms with Crippen molar-refractivity contribution >= 4 is 5.71 Å². The molecule has 2 unspecified atom stereocenters. The molecule has 20 heavy (non-hydrogen) atoms. The molecular formula is C17H32N2O. The van der Waals surface area contributed by atoms with Gasteiger partial charge in [0, 0.05) is 17.3 Å². The Morgan fingerprint density at radius 1 is 1.25 bits per heavy atom. The van der Waals surface area contributed by atoms with Crippen LogP contribution in [0.3, 0.4) is 0 Å². The van der Waals surface area contributed by atoms with E-state index >= 15 is 0 Å². The van der Waals surface area contributed by atoms with Gasteiger partial charge in [-0.1, -0.05) is 34.1 Å².